The molecule has 3 rings (SSSR count). The van der Waals surface area contributed by atoms with Gasteiger partial charge >= 0.3 is 5.97 Å². The Labute approximate surface area is 172 Å². The maximum Gasteiger partial charge on any atom is 0.335 e. The summed E-state index contributed by atoms with van der Waals surface area (Å²) in [6, 6.07) is 13.4. The van der Waals surface area contributed by atoms with Crippen LogP contribution >= 0.6 is 0 Å². The molecule has 158 valence electrons. The molecule has 0 saturated heterocycles. The summed E-state index contributed by atoms with van der Waals surface area (Å²) in [7, 11) is 5.81. The molecule has 0 aromatic heterocycles. The van der Waals surface area contributed by atoms with Crippen molar-refractivity contribution in [3.05, 3.63) is 59.7 Å². The summed E-state index contributed by atoms with van der Waals surface area (Å²) >= 11 is 0. The Morgan fingerprint density at radius 3 is 2.52 bits per heavy atom. The zero-order valence-electron chi connectivity index (χ0n) is 17.3. The van der Waals surface area contributed by atoms with Gasteiger partial charge in [-0.3, -0.25) is 0 Å². The molecule has 1 fully saturated rings. The molecule has 0 bridgehead atoms. The van der Waals surface area contributed by atoms with Gasteiger partial charge < -0.3 is 25.0 Å². The zero-order valence-corrected chi connectivity index (χ0v) is 17.3. The number of methoxy groups -OCH3 is 1. The van der Waals surface area contributed by atoms with Crippen LogP contribution in [0.25, 0.3) is 0 Å². The fourth-order valence-corrected chi connectivity index (χ4v) is 3.83. The van der Waals surface area contributed by atoms with E-state index in [0.717, 1.165) is 37.1 Å². The fraction of sp³-hybridized carbons (Fsp3) is 0.435. The number of hydrogen-bond acceptors (Lipinski definition) is 5. The molecule has 0 amide bonds. The Bertz CT molecular complexity index is 807. The molecule has 0 heterocycles. The number of benzene rings is 2. The summed E-state index contributed by atoms with van der Waals surface area (Å²) < 4.78 is 5.29. The number of carboxylic acids is 1. The molecule has 1 saturated carbocycles. The van der Waals surface area contributed by atoms with E-state index in [0.29, 0.717) is 5.92 Å². The van der Waals surface area contributed by atoms with E-state index in [1.165, 1.54) is 30.7 Å². The first-order valence-electron chi connectivity index (χ1n) is 9.79. The van der Waals surface area contributed by atoms with E-state index >= 15 is 0 Å². The summed E-state index contributed by atoms with van der Waals surface area (Å²) in [4.78, 5) is 12.4. The SMILES string of the molecule is COc1cccc(C2(O)CCCCC2CN(C)C)c1.O=C(O)c1ccccc1[O-]. The molecular formula is C23H30NO5-. The largest absolute Gasteiger partial charge is 0.872 e. The van der Waals surface area contributed by atoms with Crippen LogP contribution in [0.3, 0.4) is 0 Å². The molecule has 6 heteroatoms. The first-order chi connectivity index (χ1) is 13.8. The van der Waals surface area contributed by atoms with Crippen LogP contribution in [0.2, 0.25) is 0 Å². The average Bonchev–Trinajstić information content (AvgIpc) is 2.70. The molecule has 2 aromatic carbocycles. The average molecular weight is 400 g/mol. The van der Waals surface area contributed by atoms with Gasteiger partial charge in [-0.15, -0.1) is 0 Å². The summed E-state index contributed by atoms with van der Waals surface area (Å²) in [6.07, 6.45) is 4.24. The molecule has 1 aliphatic rings. The van der Waals surface area contributed by atoms with Crippen molar-refractivity contribution in [3.8, 4) is 11.5 Å². The first kappa shape index (κ1) is 22.7. The van der Waals surface area contributed by atoms with Gasteiger partial charge in [0.2, 0.25) is 0 Å². The van der Waals surface area contributed by atoms with Crippen LogP contribution in [-0.2, 0) is 5.60 Å². The van der Waals surface area contributed by atoms with Crippen molar-refractivity contribution < 1.29 is 24.9 Å². The number of ether oxygens (including phenoxy) is 1. The second kappa shape index (κ2) is 10.3. The highest BCUT2D eigenvalue weighted by Crippen LogP contribution is 2.42. The predicted molar refractivity (Wildman–Crippen MR) is 110 cm³/mol. The lowest BCUT2D eigenvalue weighted by Gasteiger charge is -2.41. The van der Waals surface area contributed by atoms with Crippen molar-refractivity contribution in [3.63, 3.8) is 0 Å². The topological polar surface area (TPSA) is 93.1 Å². The van der Waals surface area contributed by atoms with E-state index < -0.39 is 17.3 Å². The Balaban J connectivity index is 0.000000253. The monoisotopic (exact) mass is 400 g/mol. The number of hydrogen-bond donors (Lipinski definition) is 2. The van der Waals surface area contributed by atoms with Gasteiger partial charge in [0.25, 0.3) is 0 Å². The molecule has 2 atom stereocenters. The van der Waals surface area contributed by atoms with E-state index in [4.69, 9.17) is 9.84 Å². The van der Waals surface area contributed by atoms with Crippen molar-refractivity contribution in [1.82, 2.24) is 4.90 Å². The van der Waals surface area contributed by atoms with Gasteiger partial charge in [0, 0.05) is 12.5 Å². The molecule has 2 unspecified atom stereocenters. The van der Waals surface area contributed by atoms with E-state index in [1.807, 2.05) is 24.3 Å². The highest BCUT2D eigenvalue weighted by molar-refractivity contribution is 5.90. The molecule has 29 heavy (non-hydrogen) atoms. The molecular weight excluding hydrogens is 370 g/mol. The maximum absolute atomic E-state index is 11.2. The van der Waals surface area contributed by atoms with Crippen LogP contribution in [0.1, 0.15) is 41.6 Å². The highest BCUT2D eigenvalue weighted by Gasteiger charge is 2.40. The molecule has 0 radical (unpaired) electrons. The number of aliphatic hydroxyl groups is 1. The highest BCUT2D eigenvalue weighted by atomic mass is 16.5. The van der Waals surface area contributed by atoms with Gasteiger partial charge in [-0.25, -0.2) is 4.79 Å². The van der Waals surface area contributed by atoms with Crippen molar-refractivity contribution in [2.45, 2.75) is 31.3 Å². The van der Waals surface area contributed by atoms with Crippen LogP contribution in [0.5, 0.6) is 11.5 Å². The van der Waals surface area contributed by atoms with Gasteiger partial charge in [0.15, 0.2) is 0 Å². The number of rotatable bonds is 5. The Morgan fingerprint density at radius 1 is 1.21 bits per heavy atom. The van der Waals surface area contributed by atoms with E-state index in [2.05, 4.69) is 19.0 Å². The third kappa shape index (κ3) is 5.95. The fourth-order valence-electron chi connectivity index (χ4n) is 3.83. The second-order valence-corrected chi connectivity index (χ2v) is 7.66. The van der Waals surface area contributed by atoms with E-state index in [1.54, 1.807) is 7.11 Å². The van der Waals surface area contributed by atoms with Gasteiger partial charge in [-0.2, -0.15) is 0 Å². The van der Waals surface area contributed by atoms with Crippen molar-refractivity contribution in [1.29, 1.82) is 0 Å². The molecule has 0 spiro atoms. The van der Waals surface area contributed by atoms with Crippen molar-refractivity contribution >= 4 is 5.97 Å². The minimum atomic E-state index is -1.18. The van der Waals surface area contributed by atoms with Gasteiger partial charge in [-0.05, 0) is 50.7 Å². The van der Waals surface area contributed by atoms with Crippen molar-refractivity contribution in [2.75, 3.05) is 27.7 Å². The quantitative estimate of drug-likeness (QED) is 0.801. The number of aromatic carboxylic acids is 1. The van der Waals surface area contributed by atoms with Gasteiger partial charge in [0.1, 0.15) is 5.75 Å². The van der Waals surface area contributed by atoms with E-state index in [9.17, 15) is 15.0 Å². The predicted octanol–water partition coefficient (Wildman–Crippen LogP) is 3.09. The third-order valence-electron chi connectivity index (χ3n) is 5.31. The lowest BCUT2D eigenvalue weighted by molar-refractivity contribution is -0.268. The van der Waals surface area contributed by atoms with Crippen molar-refractivity contribution in [2.24, 2.45) is 5.92 Å². The van der Waals surface area contributed by atoms with Crippen LogP contribution in [-0.4, -0.2) is 48.8 Å². The lowest BCUT2D eigenvalue weighted by atomic mass is 9.71. The standard InChI is InChI=1S/C16H25NO2.C7H6O3/c1-17(2)12-14-7-4-5-10-16(14,18)13-8-6-9-15(11-13)19-3;8-6-4-2-1-3-5(6)7(9)10/h6,8-9,11,14,18H,4-5,7,10,12H2,1-3H3;1-4,8H,(H,9,10)/p-1. The molecule has 2 aromatic rings. The second-order valence-electron chi connectivity index (χ2n) is 7.66. The number of carboxylic acid groups (broad SMARTS) is 1. The zero-order chi connectivity index (χ0) is 21.4. The number of para-hydroxylation sites is 1. The maximum atomic E-state index is 11.2. The number of nitrogens with zero attached hydrogens (tertiary/aromatic N) is 1. The summed E-state index contributed by atoms with van der Waals surface area (Å²) in [6.45, 7) is 0.924. The van der Waals surface area contributed by atoms with Crippen LogP contribution in [0.4, 0.5) is 0 Å². The third-order valence-corrected chi connectivity index (χ3v) is 5.31. The van der Waals surface area contributed by atoms with E-state index in [-0.39, 0.29) is 5.56 Å². The number of carbonyl (C=O) groups is 1. The minimum Gasteiger partial charge on any atom is -0.872 e. The molecule has 6 nitrogen and oxygen atoms in total. The first-order valence-corrected chi connectivity index (χ1v) is 9.79. The summed E-state index contributed by atoms with van der Waals surface area (Å²) in [5.74, 6) is -0.510. The van der Waals surface area contributed by atoms with Gasteiger partial charge in [0.05, 0.1) is 18.3 Å². The molecule has 2 N–H and O–H groups in total. The van der Waals surface area contributed by atoms with Crippen LogP contribution in [0, 0.1) is 5.92 Å². The Hall–Kier alpha value is -2.57. The lowest BCUT2D eigenvalue weighted by Crippen LogP contribution is -2.43. The summed E-state index contributed by atoms with van der Waals surface area (Å²) in [5, 5.41) is 30.2. The normalized spacial score (nSPS) is 21.2. The van der Waals surface area contributed by atoms with Crippen LogP contribution in [0.15, 0.2) is 48.5 Å². The minimum absolute atomic E-state index is 0.178. The van der Waals surface area contributed by atoms with Crippen LogP contribution < -0.4 is 9.84 Å². The Kier molecular flexibility index (Phi) is 8.05. The molecule has 0 aliphatic heterocycles. The summed E-state index contributed by atoms with van der Waals surface area (Å²) in [5.41, 5.74) is 0.109. The molecule has 1 aliphatic carbocycles. The smallest absolute Gasteiger partial charge is 0.335 e. The van der Waals surface area contributed by atoms with Gasteiger partial charge in [-0.1, -0.05) is 48.9 Å². The Morgan fingerprint density at radius 2 is 1.93 bits per heavy atom.